The number of amides is 2. The van der Waals surface area contributed by atoms with Crippen LogP contribution < -0.4 is 5.32 Å². The van der Waals surface area contributed by atoms with Gasteiger partial charge in [0.1, 0.15) is 0 Å². The molecule has 0 spiro atoms. The van der Waals surface area contributed by atoms with Gasteiger partial charge in [0.25, 0.3) is 0 Å². The number of urea groups is 1. The lowest BCUT2D eigenvalue weighted by Gasteiger charge is -2.29. The molecule has 2 heterocycles. The number of nitrogens with one attached hydrogen (secondary N) is 1. The molecule has 0 aromatic rings. The van der Waals surface area contributed by atoms with E-state index in [1.807, 2.05) is 6.92 Å². The van der Waals surface area contributed by atoms with E-state index in [1.165, 1.54) is 0 Å². The van der Waals surface area contributed by atoms with Crippen LogP contribution in [0.2, 0.25) is 0 Å². The smallest absolute Gasteiger partial charge is 0.376 e. The molecule has 5 atom stereocenters. The van der Waals surface area contributed by atoms with Gasteiger partial charge in [0.15, 0.2) is 0 Å². The number of alkyl halides is 3. The molecule has 1 N–H and O–H groups in total. The Kier molecular flexibility index (Phi) is 6.04. The highest BCUT2D eigenvalue weighted by Gasteiger charge is 2.44. The van der Waals surface area contributed by atoms with Crippen molar-refractivity contribution in [3.63, 3.8) is 0 Å². The van der Waals surface area contributed by atoms with E-state index >= 15 is 0 Å². The quantitative estimate of drug-likeness (QED) is 0.838. The second-order valence-electron chi connectivity index (χ2n) is 7.60. The zero-order valence-corrected chi connectivity index (χ0v) is 14.9. The van der Waals surface area contributed by atoms with Gasteiger partial charge >= 0.3 is 12.2 Å². The summed E-state index contributed by atoms with van der Waals surface area (Å²) in [6.45, 7) is 8.92. The van der Waals surface area contributed by atoms with Crippen LogP contribution in [0.5, 0.6) is 0 Å². The fourth-order valence-corrected chi connectivity index (χ4v) is 4.23. The van der Waals surface area contributed by atoms with Crippen LogP contribution in [-0.2, 0) is 4.74 Å². The topological polar surface area (TPSA) is 41.6 Å². The van der Waals surface area contributed by atoms with E-state index < -0.39 is 24.6 Å². The molecule has 2 fully saturated rings. The fourth-order valence-electron chi connectivity index (χ4n) is 4.23. The highest BCUT2D eigenvalue weighted by molar-refractivity contribution is 5.75. The van der Waals surface area contributed by atoms with Crippen LogP contribution in [0.1, 0.15) is 47.0 Å². The fraction of sp³-hybridized carbons (Fsp3) is 0.941. The average Bonchev–Trinajstić information content (AvgIpc) is 3.00. The number of likely N-dealkylation sites (tertiary alicyclic amines) is 1. The summed E-state index contributed by atoms with van der Waals surface area (Å²) < 4.78 is 43.7. The zero-order chi connectivity index (χ0) is 18.1. The third-order valence-electron chi connectivity index (χ3n) is 5.54. The highest BCUT2D eigenvalue weighted by atomic mass is 19.4. The van der Waals surface area contributed by atoms with Crippen LogP contribution in [-0.4, -0.2) is 48.4 Å². The number of ether oxygens (including phenoxy) is 1. The molecule has 7 heteroatoms. The Bertz CT molecular complexity index is 442. The maximum atomic E-state index is 12.7. The molecule has 2 aliphatic heterocycles. The maximum absolute atomic E-state index is 12.7. The molecule has 0 radical (unpaired) electrons. The predicted octanol–water partition coefficient (Wildman–Crippen LogP) is 3.81. The monoisotopic (exact) mass is 350 g/mol. The second kappa shape index (κ2) is 7.50. The van der Waals surface area contributed by atoms with Crippen LogP contribution in [0.15, 0.2) is 0 Å². The first-order valence-corrected chi connectivity index (χ1v) is 8.84. The van der Waals surface area contributed by atoms with Gasteiger partial charge in [0.05, 0.1) is 6.10 Å². The van der Waals surface area contributed by atoms with Crippen molar-refractivity contribution in [3.8, 4) is 0 Å². The summed E-state index contributed by atoms with van der Waals surface area (Å²) in [5.41, 5.74) is 0. The number of hydrogen-bond acceptors (Lipinski definition) is 2. The van der Waals surface area contributed by atoms with Crippen LogP contribution in [0.4, 0.5) is 18.0 Å². The highest BCUT2D eigenvalue weighted by Crippen LogP contribution is 2.37. The first kappa shape index (κ1) is 19.3. The minimum atomic E-state index is -4.19. The van der Waals surface area contributed by atoms with Gasteiger partial charge in [-0.3, -0.25) is 0 Å². The van der Waals surface area contributed by atoms with Crippen molar-refractivity contribution in [2.75, 3.05) is 13.2 Å². The van der Waals surface area contributed by atoms with E-state index in [4.69, 9.17) is 4.74 Å². The maximum Gasteiger partial charge on any atom is 0.389 e. The average molecular weight is 350 g/mol. The molecule has 3 unspecified atom stereocenters. The van der Waals surface area contributed by atoms with Crippen LogP contribution in [0.25, 0.3) is 0 Å². The van der Waals surface area contributed by atoms with Gasteiger partial charge < -0.3 is 15.0 Å². The number of carbonyl (C=O) groups excluding carboxylic acids is 1. The largest absolute Gasteiger partial charge is 0.389 e. The van der Waals surface area contributed by atoms with Gasteiger partial charge in [-0.05, 0) is 44.4 Å². The van der Waals surface area contributed by atoms with Gasteiger partial charge in [-0.2, -0.15) is 13.2 Å². The number of halogens is 3. The summed E-state index contributed by atoms with van der Waals surface area (Å²) >= 11 is 0. The Balaban J connectivity index is 1.90. The summed E-state index contributed by atoms with van der Waals surface area (Å²) in [6, 6.07) is -0.873. The van der Waals surface area contributed by atoms with Crippen LogP contribution >= 0.6 is 0 Å². The predicted molar refractivity (Wildman–Crippen MR) is 85.6 cm³/mol. The van der Waals surface area contributed by atoms with Crippen molar-refractivity contribution >= 4 is 6.03 Å². The van der Waals surface area contributed by atoms with Gasteiger partial charge in [0, 0.05) is 31.7 Å². The van der Waals surface area contributed by atoms with Gasteiger partial charge in [-0.15, -0.1) is 0 Å². The Morgan fingerprint density at radius 1 is 1.33 bits per heavy atom. The van der Waals surface area contributed by atoms with E-state index in [0.717, 1.165) is 6.42 Å². The Labute approximate surface area is 142 Å². The Morgan fingerprint density at radius 2 is 2.00 bits per heavy atom. The van der Waals surface area contributed by atoms with Crippen LogP contribution in [0, 0.1) is 17.8 Å². The van der Waals surface area contributed by atoms with E-state index in [9.17, 15) is 18.0 Å². The van der Waals surface area contributed by atoms with Crippen molar-refractivity contribution in [1.29, 1.82) is 0 Å². The lowest BCUT2D eigenvalue weighted by molar-refractivity contribution is -0.145. The van der Waals surface area contributed by atoms with Gasteiger partial charge in [-0.1, -0.05) is 13.8 Å². The van der Waals surface area contributed by atoms with Crippen molar-refractivity contribution in [3.05, 3.63) is 0 Å². The standard InChI is InChI=1S/C17H29F3N2O2/c1-10(2)14-5-6-24-15(14)9-21-16(23)22-11(3)7-13(12(22)4)8-17(18,19)20/h10-15H,5-9H2,1-4H3,(H,21,23)/t11?,12?,13?,14-,15+/m0/s1. The zero-order valence-electron chi connectivity index (χ0n) is 14.9. The van der Waals surface area contributed by atoms with E-state index in [-0.39, 0.29) is 18.2 Å². The van der Waals surface area contributed by atoms with E-state index in [0.29, 0.717) is 31.4 Å². The first-order valence-electron chi connectivity index (χ1n) is 8.84. The third-order valence-corrected chi connectivity index (χ3v) is 5.54. The SMILES string of the molecule is CC(C)[C@@H]1CCO[C@@H]1CNC(=O)N1C(C)CC(CC(F)(F)F)C1C. The van der Waals surface area contributed by atoms with E-state index in [1.54, 1.807) is 11.8 Å². The summed E-state index contributed by atoms with van der Waals surface area (Å²) in [5, 5.41) is 2.88. The van der Waals surface area contributed by atoms with Crippen molar-refractivity contribution in [2.24, 2.45) is 17.8 Å². The molecule has 2 saturated heterocycles. The number of rotatable bonds is 4. The molecule has 0 bridgehead atoms. The van der Waals surface area contributed by atoms with Gasteiger partial charge in [-0.25, -0.2) is 4.79 Å². The molecule has 140 valence electrons. The summed E-state index contributed by atoms with van der Waals surface area (Å²) in [7, 11) is 0. The molecular weight excluding hydrogens is 321 g/mol. The summed E-state index contributed by atoms with van der Waals surface area (Å²) in [6.07, 6.45) is -3.64. The molecule has 0 aromatic carbocycles. The number of nitrogens with zero attached hydrogens (tertiary/aromatic N) is 1. The lowest BCUT2D eigenvalue weighted by Crippen LogP contribution is -2.48. The minimum absolute atomic E-state index is 0.00635. The number of hydrogen-bond donors (Lipinski definition) is 1. The molecule has 0 aliphatic carbocycles. The van der Waals surface area contributed by atoms with Crippen molar-refractivity contribution in [2.45, 2.75) is 71.3 Å². The molecule has 2 rings (SSSR count). The molecule has 24 heavy (non-hydrogen) atoms. The molecule has 2 aliphatic rings. The van der Waals surface area contributed by atoms with Crippen LogP contribution in [0.3, 0.4) is 0 Å². The van der Waals surface area contributed by atoms with Crippen molar-refractivity contribution in [1.82, 2.24) is 10.2 Å². The minimum Gasteiger partial charge on any atom is -0.376 e. The normalized spacial score (nSPS) is 34.2. The molecule has 0 aromatic heterocycles. The number of carbonyl (C=O) groups is 1. The van der Waals surface area contributed by atoms with E-state index in [2.05, 4.69) is 19.2 Å². The summed E-state index contributed by atoms with van der Waals surface area (Å²) in [4.78, 5) is 14.1. The molecule has 2 amide bonds. The van der Waals surface area contributed by atoms with Crippen molar-refractivity contribution < 1.29 is 22.7 Å². The third kappa shape index (κ3) is 4.55. The first-order chi connectivity index (χ1) is 11.1. The second-order valence-corrected chi connectivity index (χ2v) is 7.60. The molecule has 4 nitrogen and oxygen atoms in total. The molecular formula is C17H29F3N2O2. The summed E-state index contributed by atoms with van der Waals surface area (Å²) in [5.74, 6) is 0.365. The molecule has 0 saturated carbocycles. The van der Waals surface area contributed by atoms with Gasteiger partial charge in [0.2, 0.25) is 0 Å². The lowest BCUT2D eigenvalue weighted by atomic mass is 9.89. The Hall–Kier alpha value is -0.980. The Morgan fingerprint density at radius 3 is 2.58 bits per heavy atom.